The lowest BCUT2D eigenvalue weighted by Gasteiger charge is -2.22. The van der Waals surface area contributed by atoms with Crippen LogP contribution in [0.1, 0.15) is 25.1 Å². The SMILES string of the molecule is OCCn1c(CCC2CCNCC2)nc2ccccc21. The van der Waals surface area contributed by atoms with Gasteiger partial charge in [0.1, 0.15) is 5.82 Å². The molecule has 20 heavy (non-hydrogen) atoms. The second kappa shape index (κ2) is 6.37. The van der Waals surface area contributed by atoms with E-state index in [0.29, 0.717) is 6.54 Å². The fraction of sp³-hybridized carbons (Fsp3) is 0.562. The van der Waals surface area contributed by atoms with Crippen LogP contribution in [-0.4, -0.2) is 34.4 Å². The van der Waals surface area contributed by atoms with Crippen molar-refractivity contribution in [3.05, 3.63) is 30.1 Å². The first-order chi connectivity index (χ1) is 9.88. The molecule has 0 aliphatic carbocycles. The van der Waals surface area contributed by atoms with Crippen molar-refractivity contribution in [2.24, 2.45) is 5.92 Å². The Bertz CT molecular complexity index is 558. The first-order valence-electron chi connectivity index (χ1n) is 7.64. The molecule has 0 radical (unpaired) electrons. The molecule has 1 aliphatic heterocycles. The van der Waals surface area contributed by atoms with Crippen molar-refractivity contribution in [2.45, 2.75) is 32.2 Å². The van der Waals surface area contributed by atoms with Crippen LogP contribution in [0.25, 0.3) is 11.0 Å². The zero-order chi connectivity index (χ0) is 13.8. The van der Waals surface area contributed by atoms with Gasteiger partial charge in [0, 0.05) is 13.0 Å². The van der Waals surface area contributed by atoms with Crippen LogP contribution in [0.4, 0.5) is 0 Å². The molecule has 0 atom stereocenters. The van der Waals surface area contributed by atoms with Gasteiger partial charge in [-0.1, -0.05) is 12.1 Å². The van der Waals surface area contributed by atoms with Gasteiger partial charge < -0.3 is 15.0 Å². The molecule has 1 aliphatic rings. The molecule has 108 valence electrons. The monoisotopic (exact) mass is 273 g/mol. The molecule has 0 unspecified atom stereocenters. The summed E-state index contributed by atoms with van der Waals surface area (Å²) in [7, 11) is 0. The lowest BCUT2D eigenvalue weighted by atomic mass is 9.93. The van der Waals surface area contributed by atoms with Crippen LogP contribution < -0.4 is 5.32 Å². The Labute approximate surface area is 119 Å². The fourth-order valence-corrected chi connectivity index (χ4v) is 3.17. The van der Waals surface area contributed by atoms with E-state index in [9.17, 15) is 5.11 Å². The summed E-state index contributed by atoms with van der Waals surface area (Å²) in [4.78, 5) is 4.75. The largest absolute Gasteiger partial charge is 0.395 e. The van der Waals surface area contributed by atoms with E-state index >= 15 is 0 Å². The first kappa shape index (κ1) is 13.6. The molecule has 1 saturated heterocycles. The summed E-state index contributed by atoms with van der Waals surface area (Å²) in [5, 5.41) is 12.7. The average Bonchev–Trinajstić information content (AvgIpc) is 2.85. The van der Waals surface area contributed by atoms with Gasteiger partial charge >= 0.3 is 0 Å². The number of aliphatic hydroxyl groups is 1. The quantitative estimate of drug-likeness (QED) is 0.875. The second-order valence-electron chi connectivity index (χ2n) is 5.62. The molecule has 0 bridgehead atoms. The molecule has 3 rings (SSSR count). The van der Waals surface area contributed by atoms with E-state index in [2.05, 4.69) is 22.0 Å². The normalized spacial score (nSPS) is 16.9. The number of nitrogens with one attached hydrogen (secondary N) is 1. The van der Waals surface area contributed by atoms with E-state index in [1.807, 2.05) is 12.1 Å². The Hall–Kier alpha value is -1.39. The van der Waals surface area contributed by atoms with Gasteiger partial charge in [0.2, 0.25) is 0 Å². The Morgan fingerprint density at radius 2 is 2.05 bits per heavy atom. The number of nitrogens with zero attached hydrogens (tertiary/aromatic N) is 2. The maximum atomic E-state index is 9.28. The molecule has 1 aromatic heterocycles. The van der Waals surface area contributed by atoms with Crippen LogP contribution in [0.3, 0.4) is 0 Å². The van der Waals surface area contributed by atoms with E-state index in [1.54, 1.807) is 0 Å². The zero-order valence-electron chi connectivity index (χ0n) is 11.9. The van der Waals surface area contributed by atoms with Gasteiger partial charge in [-0.15, -0.1) is 0 Å². The highest BCUT2D eigenvalue weighted by atomic mass is 16.3. The van der Waals surface area contributed by atoms with Crippen LogP contribution in [0.5, 0.6) is 0 Å². The molecule has 4 nitrogen and oxygen atoms in total. The van der Waals surface area contributed by atoms with Crippen molar-refractivity contribution in [1.29, 1.82) is 0 Å². The van der Waals surface area contributed by atoms with Crippen molar-refractivity contribution in [3.8, 4) is 0 Å². The highest BCUT2D eigenvalue weighted by Crippen LogP contribution is 2.21. The number of aliphatic hydroxyl groups excluding tert-OH is 1. The van der Waals surface area contributed by atoms with E-state index < -0.39 is 0 Å². The maximum Gasteiger partial charge on any atom is 0.109 e. The number of fused-ring (bicyclic) bond motifs is 1. The van der Waals surface area contributed by atoms with E-state index in [0.717, 1.165) is 42.3 Å². The molecule has 4 heteroatoms. The zero-order valence-corrected chi connectivity index (χ0v) is 11.9. The molecule has 1 fully saturated rings. The smallest absolute Gasteiger partial charge is 0.109 e. The number of benzene rings is 1. The fourth-order valence-electron chi connectivity index (χ4n) is 3.17. The van der Waals surface area contributed by atoms with Gasteiger partial charge in [-0.3, -0.25) is 0 Å². The molecule has 0 amide bonds. The lowest BCUT2D eigenvalue weighted by Crippen LogP contribution is -2.28. The van der Waals surface area contributed by atoms with Crippen LogP contribution >= 0.6 is 0 Å². The number of rotatable bonds is 5. The number of aromatic nitrogens is 2. The van der Waals surface area contributed by atoms with Crippen LogP contribution in [-0.2, 0) is 13.0 Å². The van der Waals surface area contributed by atoms with Crippen molar-refractivity contribution in [2.75, 3.05) is 19.7 Å². The van der Waals surface area contributed by atoms with Crippen molar-refractivity contribution >= 4 is 11.0 Å². The molecule has 2 N–H and O–H groups in total. The predicted molar refractivity (Wildman–Crippen MR) is 80.7 cm³/mol. The summed E-state index contributed by atoms with van der Waals surface area (Å²) in [6, 6.07) is 8.20. The molecule has 2 aromatic rings. The minimum atomic E-state index is 0.167. The summed E-state index contributed by atoms with van der Waals surface area (Å²) in [5.41, 5.74) is 2.18. The number of para-hydroxylation sites is 2. The van der Waals surface area contributed by atoms with Crippen molar-refractivity contribution in [1.82, 2.24) is 14.9 Å². The first-order valence-corrected chi connectivity index (χ1v) is 7.64. The summed E-state index contributed by atoms with van der Waals surface area (Å²) in [5.74, 6) is 1.94. The van der Waals surface area contributed by atoms with Gasteiger partial charge in [0.05, 0.1) is 17.6 Å². The Morgan fingerprint density at radius 1 is 1.25 bits per heavy atom. The Balaban J connectivity index is 1.77. The molecule has 2 heterocycles. The number of hydrogen-bond acceptors (Lipinski definition) is 3. The Morgan fingerprint density at radius 3 is 2.85 bits per heavy atom. The predicted octanol–water partition coefficient (Wildman–Crippen LogP) is 1.96. The van der Waals surface area contributed by atoms with Gasteiger partial charge in [0.25, 0.3) is 0 Å². The topological polar surface area (TPSA) is 50.1 Å². The van der Waals surface area contributed by atoms with Crippen molar-refractivity contribution in [3.63, 3.8) is 0 Å². The molecule has 0 spiro atoms. The van der Waals surface area contributed by atoms with Gasteiger partial charge in [-0.2, -0.15) is 0 Å². The average molecular weight is 273 g/mol. The summed E-state index contributed by atoms with van der Waals surface area (Å²) in [6.07, 6.45) is 4.77. The van der Waals surface area contributed by atoms with Gasteiger partial charge in [-0.05, 0) is 50.4 Å². The minimum Gasteiger partial charge on any atom is -0.395 e. The molecule has 0 saturated carbocycles. The lowest BCUT2D eigenvalue weighted by molar-refractivity contribution is 0.275. The number of aryl methyl sites for hydroxylation is 1. The molecule has 1 aromatic carbocycles. The third kappa shape index (κ3) is 2.86. The van der Waals surface area contributed by atoms with Gasteiger partial charge in [0.15, 0.2) is 0 Å². The molecular weight excluding hydrogens is 250 g/mol. The summed E-state index contributed by atoms with van der Waals surface area (Å²) >= 11 is 0. The standard InChI is InChI=1S/C16H23N3O/c20-12-11-19-15-4-2-1-3-14(15)18-16(19)6-5-13-7-9-17-10-8-13/h1-4,13,17,20H,5-12H2. The highest BCUT2D eigenvalue weighted by Gasteiger charge is 2.15. The molecular formula is C16H23N3O. The van der Waals surface area contributed by atoms with Crippen LogP contribution in [0.2, 0.25) is 0 Å². The van der Waals surface area contributed by atoms with Crippen LogP contribution in [0, 0.1) is 5.92 Å². The van der Waals surface area contributed by atoms with Gasteiger partial charge in [-0.25, -0.2) is 4.98 Å². The van der Waals surface area contributed by atoms with Crippen LogP contribution in [0.15, 0.2) is 24.3 Å². The number of imidazole rings is 1. The highest BCUT2D eigenvalue weighted by molar-refractivity contribution is 5.75. The van der Waals surface area contributed by atoms with E-state index in [1.165, 1.54) is 19.3 Å². The van der Waals surface area contributed by atoms with Crippen molar-refractivity contribution < 1.29 is 5.11 Å². The maximum absolute atomic E-state index is 9.28. The minimum absolute atomic E-state index is 0.167. The third-order valence-corrected chi connectivity index (χ3v) is 4.29. The summed E-state index contributed by atoms with van der Waals surface area (Å²) < 4.78 is 2.18. The third-order valence-electron chi connectivity index (χ3n) is 4.29. The van der Waals surface area contributed by atoms with E-state index in [-0.39, 0.29) is 6.61 Å². The number of hydrogen-bond donors (Lipinski definition) is 2. The summed E-state index contributed by atoms with van der Waals surface area (Å²) in [6.45, 7) is 3.11. The number of piperidine rings is 1. The second-order valence-corrected chi connectivity index (χ2v) is 5.62. The van der Waals surface area contributed by atoms with E-state index in [4.69, 9.17) is 4.98 Å². The Kier molecular flexibility index (Phi) is 4.33.